The Morgan fingerprint density at radius 3 is 2.50 bits per heavy atom. The Kier molecular flexibility index (Phi) is 4.19. The summed E-state index contributed by atoms with van der Waals surface area (Å²) >= 11 is 0. The molecule has 0 unspecified atom stereocenters. The first-order chi connectivity index (χ1) is 7.92. The van der Waals surface area contributed by atoms with E-state index in [0.717, 1.165) is 32.5 Å². The number of hydrogen-bond donors (Lipinski definition) is 2. The quantitative estimate of drug-likeness (QED) is 0.801. The summed E-state index contributed by atoms with van der Waals surface area (Å²) in [7, 11) is 0. The van der Waals surface area contributed by atoms with Gasteiger partial charge in [0.25, 0.3) is 0 Å². The molecule has 2 N–H and O–H groups in total. The number of benzene rings is 1. The molecule has 2 rings (SSSR count). The van der Waals surface area contributed by atoms with E-state index >= 15 is 0 Å². The highest BCUT2D eigenvalue weighted by Gasteiger charge is 2.20. The fourth-order valence-corrected chi connectivity index (χ4v) is 2.37. The Bertz CT molecular complexity index is 296. The van der Waals surface area contributed by atoms with Gasteiger partial charge >= 0.3 is 0 Å². The minimum Gasteiger partial charge on any atom is -0.395 e. The smallest absolute Gasteiger partial charge is 0.0606 e. The van der Waals surface area contributed by atoms with Gasteiger partial charge in [0.05, 0.1) is 6.61 Å². The van der Waals surface area contributed by atoms with E-state index in [0.29, 0.717) is 6.04 Å². The van der Waals surface area contributed by atoms with Crippen LogP contribution < -0.4 is 10.2 Å². The lowest BCUT2D eigenvalue weighted by atomic mass is 10.0. The van der Waals surface area contributed by atoms with Crippen LogP contribution in [0.1, 0.15) is 12.8 Å². The molecule has 0 aliphatic carbocycles. The third-order valence-electron chi connectivity index (χ3n) is 3.18. The lowest BCUT2D eigenvalue weighted by Gasteiger charge is -2.36. The van der Waals surface area contributed by atoms with Crippen molar-refractivity contribution >= 4 is 5.69 Å². The molecule has 1 aromatic rings. The second-order valence-corrected chi connectivity index (χ2v) is 4.23. The molecule has 1 heterocycles. The Balaban J connectivity index is 2.09. The summed E-state index contributed by atoms with van der Waals surface area (Å²) < 4.78 is 0. The van der Waals surface area contributed by atoms with Crippen LogP contribution in [-0.4, -0.2) is 37.4 Å². The predicted molar refractivity (Wildman–Crippen MR) is 66.8 cm³/mol. The van der Waals surface area contributed by atoms with Crippen molar-refractivity contribution < 1.29 is 5.11 Å². The second kappa shape index (κ2) is 5.87. The first-order valence-electron chi connectivity index (χ1n) is 6.05. The monoisotopic (exact) mass is 220 g/mol. The first kappa shape index (κ1) is 11.4. The molecule has 0 amide bonds. The molecule has 1 fully saturated rings. The van der Waals surface area contributed by atoms with Crippen molar-refractivity contribution in [1.82, 2.24) is 5.32 Å². The van der Waals surface area contributed by atoms with Crippen LogP contribution in [0.4, 0.5) is 5.69 Å². The number of nitrogens with zero attached hydrogens (tertiary/aromatic N) is 1. The molecule has 0 aromatic heterocycles. The van der Waals surface area contributed by atoms with Gasteiger partial charge in [-0.25, -0.2) is 0 Å². The Labute approximate surface area is 97.1 Å². The second-order valence-electron chi connectivity index (χ2n) is 4.23. The first-order valence-corrected chi connectivity index (χ1v) is 6.05. The molecule has 0 radical (unpaired) electrons. The zero-order valence-corrected chi connectivity index (χ0v) is 9.60. The van der Waals surface area contributed by atoms with Crippen LogP contribution in [-0.2, 0) is 0 Å². The largest absolute Gasteiger partial charge is 0.395 e. The molecule has 16 heavy (non-hydrogen) atoms. The lowest BCUT2D eigenvalue weighted by Crippen LogP contribution is -2.44. The highest BCUT2D eigenvalue weighted by molar-refractivity contribution is 5.47. The number of aliphatic hydroxyl groups excluding tert-OH is 1. The third-order valence-corrected chi connectivity index (χ3v) is 3.18. The van der Waals surface area contributed by atoms with Crippen LogP contribution in [0, 0.1) is 0 Å². The standard InChI is InChI=1S/C13H20N2O/c16-11-10-15(12-4-2-1-3-5-12)13-6-8-14-9-7-13/h1-5,13-14,16H,6-11H2. The topological polar surface area (TPSA) is 35.5 Å². The minimum atomic E-state index is 0.221. The number of para-hydroxylation sites is 1. The van der Waals surface area contributed by atoms with Gasteiger partial charge in [-0.1, -0.05) is 18.2 Å². The highest BCUT2D eigenvalue weighted by atomic mass is 16.3. The Hall–Kier alpha value is -1.06. The average molecular weight is 220 g/mol. The minimum absolute atomic E-state index is 0.221. The zero-order chi connectivity index (χ0) is 11.2. The maximum absolute atomic E-state index is 9.17. The van der Waals surface area contributed by atoms with Crippen molar-refractivity contribution in [3.05, 3.63) is 30.3 Å². The summed E-state index contributed by atoms with van der Waals surface area (Å²) in [6.45, 7) is 3.12. The molecule has 3 heteroatoms. The number of piperidine rings is 1. The number of nitrogens with one attached hydrogen (secondary N) is 1. The van der Waals surface area contributed by atoms with E-state index in [-0.39, 0.29) is 6.61 Å². The Morgan fingerprint density at radius 2 is 1.88 bits per heavy atom. The van der Waals surface area contributed by atoms with Gasteiger partial charge in [0.15, 0.2) is 0 Å². The van der Waals surface area contributed by atoms with Crippen molar-refractivity contribution in [3.63, 3.8) is 0 Å². The molecule has 0 bridgehead atoms. The average Bonchev–Trinajstić information content (AvgIpc) is 2.38. The van der Waals surface area contributed by atoms with Crippen molar-refractivity contribution in [3.8, 4) is 0 Å². The summed E-state index contributed by atoms with van der Waals surface area (Å²) in [6.07, 6.45) is 2.32. The van der Waals surface area contributed by atoms with Gasteiger partial charge in [-0.05, 0) is 38.1 Å². The van der Waals surface area contributed by atoms with E-state index in [9.17, 15) is 5.11 Å². The molecule has 1 saturated heterocycles. The van der Waals surface area contributed by atoms with Gasteiger partial charge in [0.2, 0.25) is 0 Å². The van der Waals surface area contributed by atoms with Gasteiger partial charge in [0, 0.05) is 18.3 Å². The predicted octanol–water partition coefficient (Wildman–Crippen LogP) is 1.24. The van der Waals surface area contributed by atoms with E-state index in [4.69, 9.17) is 0 Å². The van der Waals surface area contributed by atoms with Crippen LogP contribution in [0.3, 0.4) is 0 Å². The van der Waals surface area contributed by atoms with Crippen molar-refractivity contribution in [2.45, 2.75) is 18.9 Å². The summed E-state index contributed by atoms with van der Waals surface area (Å²) in [5, 5.41) is 12.5. The third kappa shape index (κ3) is 2.74. The van der Waals surface area contributed by atoms with Gasteiger partial charge in [-0.3, -0.25) is 0 Å². The normalized spacial score (nSPS) is 17.3. The van der Waals surface area contributed by atoms with E-state index in [1.807, 2.05) is 6.07 Å². The maximum Gasteiger partial charge on any atom is 0.0606 e. The van der Waals surface area contributed by atoms with Gasteiger partial charge < -0.3 is 15.3 Å². The number of anilines is 1. The maximum atomic E-state index is 9.17. The van der Waals surface area contributed by atoms with Crippen molar-refractivity contribution in [1.29, 1.82) is 0 Å². The molecule has 0 saturated carbocycles. The molecule has 88 valence electrons. The zero-order valence-electron chi connectivity index (χ0n) is 9.60. The molecular weight excluding hydrogens is 200 g/mol. The van der Waals surface area contributed by atoms with E-state index < -0.39 is 0 Å². The number of hydrogen-bond acceptors (Lipinski definition) is 3. The van der Waals surface area contributed by atoms with Gasteiger partial charge in [0.1, 0.15) is 0 Å². The molecule has 0 atom stereocenters. The molecule has 1 aromatic carbocycles. The molecule has 1 aliphatic rings. The highest BCUT2D eigenvalue weighted by Crippen LogP contribution is 2.20. The molecule has 1 aliphatic heterocycles. The van der Waals surface area contributed by atoms with Crippen molar-refractivity contribution in [2.75, 3.05) is 31.1 Å². The molecule has 3 nitrogen and oxygen atoms in total. The van der Waals surface area contributed by atoms with Gasteiger partial charge in [-0.15, -0.1) is 0 Å². The summed E-state index contributed by atoms with van der Waals surface area (Å²) in [5.41, 5.74) is 1.23. The fraction of sp³-hybridized carbons (Fsp3) is 0.538. The van der Waals surface area contributed by atoms with Crippen LogP contribution in [0.2, 0.25) is 0 Å². The summed E-state index contributed by atoms with van der Waals surface area (Å²) in [6, 6.07) is 11.0. The summed E-state index contributed by atoms with van der Waals surface area (Å²) in [5.74, 6) is 0. The van der Waals surface area contributed by atoms with E-state index in [1.165, 1.54) is 5.69 Å². The number of rotatable bonds is 4. The van der Waals surface area contributed by atoms with E-state index in [1.54, 1.807) is 0 Å². The van der Waals surface area contributed by atoms with Crippen LogP contribution >= 0.6 is 0 Å². The number of aliphatic hydroxyl groups is 1. The summed E-state index contributed by atoms with van der Waals surface area (Å²) in [4.78, 5) is 2.33. The van der Waals surface area contributed by atoms with Gasteiger partial charge in [-0.2, -0.15) is 0 Å². The fourth-order valence-electron chi connectivity index (χ4n) is 2.37. The lowest BCUT2D eigenvalue weighted by molar-refractivity contribution is 0.291. The van der Waals surface area contributed by atoms with Crippen LogP contribution in [0.5, 0.6) is 0 Å². The SMILES string of the molecule is OCCN(c1ccccc1)C1CCNCC1. The van der Waals surface area contributed by atoms with Crippen molar-refractivity contribution in [2.24, 2.45) is 0 Å². The molecule has 0 spiro atoms. The van der Waals surface area contributed by atoms with Crippen LogP contribution in [0.25, 0.3) is 0 Å². The van der Waals surface area contributed by atoms with Crippen LogP contribution in [0.15, 0.2) is 30.3 Å². The molecular formula is C13H20N2O. The van der Waals surface area contributed by atoms with E-state index in [2.05, 4.69) is 34.5 Å². The Morgan fingerprint density at radius 1 is 1.19 bits per heavy atom.